The lowest BCUT2D eigenvalue weighted by Crippen LogP contribution is -2.32. The first-order valence-electron chi connectivity index (χ1n) is 8.62. The van der Waals surface area contributed by atoms with Crippen LogP contribution in [-0.4, -0.2) is 44.1 Å². The molecule has 0 bridgehead atoms. The minimum absolute atomic E-state index is 0.175. The smallest absolute Gasteiger partial charge is 0.137 e. The summed E-state index contributed by atoms with van der Waals surface area (Å²) in [5.74, 6) is 0. The van der Waals surface area contributed by atoms with E-state index in [4.69, 9.17) is 4.74 Å². The lowest BCUT2D eigenvalue weighted by atomic mass is 10.1. The lowest BCUT2D eigenvalue weighted by molar-refractivity contribution is -0.00495. The molecule has 25 heavy (non-hydrogen) atoms. The fourth-order valence-corrected chi connectivity index (χ4v) is 3.80. The van der Waals surface area contributed by atoms with Gasteiger partial charge in [0.15, 0.2) is 0 Å². The van der Waals surface area contributed by atoms with Crippen molar-refractivity contribution in [3.8, 4) is 11.4 Å². The summed E-state index contributed by atoms with van der Waals surface area (Å²) in [6.07, 6.45) is 1.96. The molecular formula is C19H19N5O. The van der Waals surface area contributed by atoms with Crippen molar-refractivity contribution in [1.82, 2.24) is 24.9 Å². The molecule has 5 rings (SSSR count). The Kier molecular flexibility index (Phi) is 3.57. The van der Waals surface area contributed by atoms with Crippen LogP contribution >= 0.6 is 0 Å². The average Bonchev–Trinajstić information content (AvgIpc) is 3.26. The van der Waals surface area contributed by atoms with Crippen LogP contribution in [0.25, 0.3) is 11.4 Å². The lowest BCUT2D eigenvalue weighted by Gasteiger charge is -2.26. The zero-order valence-electron chi connectivity index (χ0n) is 13.8. The Bertz CT molecular complexity index is 864. The molecule has 1 fully saturated rings. The largest absolute Gasteiger partial charge is 0.368 e. The van der Waals surface area contributed by atoms with E-state index in [1.165, 1.54) is 5.56 Å². The van der Waals surface area contributed by atoms with Crippen LogP contribution < -0.4 is 0 Å². The van der Waals surface area contributed by atoms with Crippen LogP contribution in [0.5, 0.6) is 0 Å². The predicted octanol–water partition coefficient (Wildman–Crippen LogP) is 2.30. The van der Waals surface area contributed by atoms with E-state index in [1.807, 2.05) is 18.2 Å². The number of hydrogen-bond acceptors (Lipinski definition) is 5. The molecule has 0 amide bonds. The van der Waals surface area contributed by atoms with Crippen molar-refractivity contribution < 1.29 is 4.74 Å². The van der Waals surface area contributed by atoms with E-state index in [0.29, 0.717) is 6.61 Å². The SMILES string of the molecule is c1ccc(CN2C[C@@H]3OCc4c(-c5ccccn5)nnn4[C@H]3C2)cc1. The summed E-state index contributed by atoms with van der Waals surface area (Å²) < 4.78 is 8.21. The molecule has 6 heteroatoms. The zero-order valence-corrected chi connectivity index (χ0v) is 13.8. The molecule has 1 saturated heterocycles. The van der Waals surface area contributed by atoms with E-state index in [1.54, 1.807) is 6.20 Å². The summed E-state index contributed by atoms with van der Waals surface area (Å²) in [6, 6.07) is 16.6. The van der Waals surface area contributed by atoms with Gasteiger partial charge in [-0.25, -0.2) is 4.68 Å². The van der Waals surface area contributed by atoms with Crippen molar-refractivity contribution in [2.45, 2.75) is 25.3 Å². The molecule has 0 spiro atoms. The third-order valence-corrected chi connectivity index (χ3v) is 5.01. The van der Waals surface area contributed by atoms with Crippen molar-refractivity contribution in [2.24, 2.45) is 0 Å². The molecule has 6 nitrogen and oxygen atoms in total. The molecule has 3 aromatic rings. The highest BCUT2D eigenvalue weighted by Gasteiger charge is 2.40. The van der Waals surface area contributed by atoms with Gasteiger partial charge in [-0.3, -0.25) is 9.88 Å². The van der Waals surface area contributed by atoms with Gasteiger partial charge in [-0.15, -0.1) is 5.10 Å². The number of fused-ring (bicyclic) bond motifs is 3. The van der Waals surface area contributed by atoms with E-state index in [2.05, 4.69) is 55.2 Å². The van der Waals surface area contributed by atoms with Crippen molar-refractivity contribution in [1.29, 1.82) is 0 Å². The van der Waals surface area contributed by atoms with Crippen molar-refractivity contribution in [3.05, 3.63) is 66.0 Å². The molecule has 126 valence electrons. The van der Waals surface area contributed by atoms with Gasteiger partial charge in [0.2, 0.25) is 0 Å². The molecule has 0 aliphatic carbocycles. The first-order chi connectivity index (χ1) is 12.4. The normalized spacial score (nSPS) is 22.6. The van der Waals surface area contributed by atoms with E-state index in [0.717, 1.165) is 36.7 Å². The number of likely N-dealkylation sites (tertiary alicyclic amines) is 1. The Morgan fingerprint density at radius 2 is 1.92 bits per heavy atom. The first-order valence-corrected chi connectivity index (χ1v) is 8.62. The molecule has 0 saturated carbocycles. The molecule has 2 aliphatic rings. The van der Waals surface area contributed by atoms with Crippen molar-refractivity contribution >= 4 is 0 Å². The quantitative estimate of drug-likeness (QED) is 0.736. The number of rotatable bonds is 3. The molecule has 2 aromatic heterocycles. The van der Waals surface area contributed by atoms with Crippen molar-refractivity contribution in [3.63, 3.8) is 0 Å². The highest BCUT2D eigenvalue weighted by molar-refractivity contribution is 5.56. The van der Waals surface area contributed by atoms with Gasteiger partial charge in [0, 0.05) is 25.8 Å². The van der Waals surface area contributed by atoms with Gasteiger partial charge in [0.1, 0.15) is 5.69 Å². The number of hydrogen-bond donors (Lipinski definition) is 0. The second-order valence-corrected chi connectivity index (χ2v) is 6.64. The Labute approximate surface area is 146 Å². The first kappa shape index (κ1) is 14.7. The summed E-state index contributed by atoms with van der Waals surface area (Å²) in [7, 11) is 0. The Balaban J connectivity index is 1.40. The molecular weight excluding hydrogens is 314 g/mol. The standard InChI is InChI=1S/C19H19N5O/c1-2-6-14(7-3-1)10-23-11-16-18(12-23)25-13-17-19(21-22-24(16)17)15-8-4-5-9-20-15/h1-9,16,18H,10-13H2/t16-,18-/m0/s1. The molecule has 1 aromatic carbocycles. The second-order valence-electron chi connectivity index (χ2n) is 6.64. The van der Waals surface area contributed by atoms with Crippen LogP contribution in [-0.2, 0) is 17.9 Å². The minimum Gasteiger partial charge on any atom is -0.368 e. The third kappa shape index (κ3) is 2.63. The molecule has 0 N–H and O–H groups in total. The van der Waals surface area contributed by atoms with E-state index in [-0.39, 0.29) is 12.1 Å². The maximum absolute atomic E-state index is 6.15. The summed E-state index contributed by atoms with van der Waals surface area (Å²) >= 11 is 0. The second kappa shape index (κ2) is 6.06. The molecule has 2 aliphatic heterocycles. The highest BCUT2D eigenvalue weighted by Crippen LogP contribution is 2.34. The van der Waals surface area contributed by atoms with Gasteiger partial charge in [-0.1, -0.05) is 41.6 Å². The van der Waals surface area contributed by atoms with E-state index in [9.17, 15) is 0 Å². The number of benzene rings is 1. The molecule has 2 atom stereocenters. The van der Waals surface area contributed by atoms with E-state index >= 15 is 0 Å². The fraction of sp³-hybridized carbons (Fsp3) is 0.316. The summed E-state index contributed by atoms with van der Waals surface area (Å²) in [5, 5.41) is 8.83. The van der Waals surface area contributed by atoms with Crippen LogP contribution in [0.4, 0.5) is 0 Å². The maximum atomic E-state index is 6.15. The number of pyridine rings is 1. The average molecular weight is 333 g/mol. The molecule has 4 heterocycles. The summed E-state index contributed by atoms with van der Waals surface area (Å²) in [4.78, 5) is 6.84. The Morgan fingerprint density at radius 1 is 1.04 bits per heavy atom. The Hall–Kier alpha value is -2.57. The molecule has 0 unspecified atom stereocenters. The predicted molar refractivity (Wildman–Crippen MR) is 92.6 cm³/mol. The molecule has 0 radical (unpaired) electrons. The van der Waals surface area contributed by atoms with Gasteiger partial charge in [0.05, 0.1) is 30.1 Å². The van der Waals surface area contributed by atoms with Gasteiger partial charge in [-0.2, -0.15) is 0 Å². The Morgan fingerprint density at radius 3 is 2.76 bits per heavy atom. The van der Waals surface area contributed by atoms with Crippen LogP contribution in [0.1, 0.15) is 17.3 Å². The van der Waals surface area contributed by atoms with Crippen LogP contribution in [0.2, 0.25) is 0 Å². The highest BCUT2D eigenvalue weighted by atomic mass is 16.5. The summed E-state index contributed by atoms with van der Waals surface area (Å²) in [6.45, 7) is 3.34. The maximum Gasteiger partial charge on any atom is 0.137 e. The van der Waals surface area contributed by atoms with Crippen LogP contribution in [0.3, 0.4) is 0 Å². The number of nitrogens with zero attached hydrogens (tertiary/aromatic N) is 5. The van der Waals surface area contributed by atoms with E-state index < -0.39 is 0 Å². The monoisotopic (exact) mass is 333 g/mol. The summed E-state index contributed by atoms with van der Waals surface area (Å²) in [5.41, 5.74) is 4.04. The zero-order chi connectivity index (χ0) is 16.6. The number of aromatic nitrogens is 4. The topological polar surface area (TPSA) is 56.1 Å². The minimum atomic E-state index is 0.175. The fourth-order valence-electron chi connectivity index (χ4n) is 3.80. The number of ether oxygens (including phenoxy) is 1. The van der Waals surface area contributed by atoms with Crippen LogP contribution in [0, 0.1) is 0 Å². The van der Waals surface area contributed by atoms with Crippen molar-refractivity contribution in [2.75, 3.05) is 13.1 Å². The van der Waals surface area contributed by atoms with Crippen LogP contribution in [0.15, 0.2) is 54.7 Å². The van der Waals surface area contributed by atoms with Gasteiger partial charge in [0.25, 0.3) is 0 Å². The van der Waals surface area contributed by atoms with Gasteiger partial charge >= 0.3 is 0 Å². The van der Waals surface area contributed by atoms with Gasteiger partial charge < -0.3 is 4.74 Å². The third-order valence-electron chi connectivity index (χ3n) is 5.01. The van der Waals surface area contributed by atoms with Gasteiger partial charge in [-0.05, 0) is 17.7 Å².